The summed E-state index contributed by atoms with van der Waals surface area (Å²) in [5.74, 6) is -0.444. The van der Waals surface area contributed by atoms with Crippen LogP contribution in [-0.4, -0.2) is 32.3 Å². The highest BCUT2D eigenvalue weighted by molar-refractivity contribution is 5.66. The first kappa shape index (κ1) is 14.9. The number of unbranched alkanes of at least 4 members (excludes halogenated alkanes) is 1. The first-order valence-electron chi connectivity index (χ1n) is 6.14. The van der Waals surface area contributed by atoms with E-state index in [4.69, 9.17) is 5.11 Å². The van der Waals surface area contributed by atoms with Crippen molar-refractivity contribution >= 4 is 17.5 Å². The summed E-state index contributed by atoms with van der Waals surface area (Å²) in [5.41, 5.74) is 0.361. The Labute approximate surface area is 110 Å². The lowest BCUT2D eigenvalue weighted by atomic mass is 10.2. The van der Waals surface area contributed by atoms with E-state index in [1.54, 1.807) is 11.6 Å². The molecule has 0 bridgehead atoms. The van der Waals surface area contributed by atoms with Crippen LogP contribution in [0.4, 0.5) is 11.5 Å². The highest BCUT2D eigenvalue weighted by atomic mass is 16.6. The largest absolute Gasteiger partial charge is 0.481 e. The van der Waals surface area contributed by atoms with Crippen molar-refractivity contribution in [2.75, 3.05) is 11.9 Å². The van der Waals surface area contributed by atoms with Crippen LogP contribution in [0.5, 0.6) is 0 Å². The van der Waals surface area contributed by atoms with Crippen molar-refractivity contribution in [2.24, 2.45) is 0 Å². The lowest BCUT2D eigenvalue weighted by Crippen LogP contribution is -2.10. The standard InChI is InChI=1S/C11H18N4O4/c1-3-14-11(10(15(18)19)8(2)13-14)12-7-5-4-6-9(16)17/h12H,3-7H2,1-2H3,(H,16,17). The molecule has 0 saturated heterocycles. The molecule has 8 heteroatoms. The molecule has 1 aromatic heterocycles. The van der Waals surface area contributed by atoms with Crippen molar-refractivity contribution in [3.63, 3.8) is 0 Å². The summed E-state index contributed by atoms with van der Waals surface area (Å²) in [6, 6.07) is 0. The molecular formula is C11H18N4O4. The summed E-state index contributed by atoms with van der Waals surface area (Å²) in [4.78, 5) is 20.9. The molecule has 8 nitrogen and oxygen atoms in total. The van der Waals surface area contributed by atoms with Crippen molar-refractivity contribution in [1.29, 1.82) is 0 Å². The van der Waals surface area contributed by atoms with Gasteiger partial charge in [0.2, 0.25) is 5.82 Å². The number of hydrogen-bond donors (Lipinski definition) is 2. The number of aryl methyl sites for hydroxylation is 2. The lowest BCUT2D eigenvalue weighted by molar-refractivity contribution is -0.384. The van der Waals surface area contributed by atoms with E-state index in [-0.39, 0.29) is 12.1 Å². The van der Waals surface area contributed by atoms with Gasteiger partial charge < -0.3 is 10.4 Å². The number of nitro groups is 1. The van der Waals surface area contributed by atoms with Gasteiger partial charge in [0.15, 0.2) is 0 Å². The van der Waals surface area contributed by atoms with E-state index in [0.717, 1.165) is 0 Å². The van der Waals surface area contributed by atoms with Gasteiger partial charge in [0.1, 0.15) is 5.69 Å². The normalized spacial score (nSPS) is 10.4. The van der Waals surface area contributed by atoms with Gasteiger partial charge in [-0.05, 0) is 26.7 Å². The highest BCUT2D eigenvalue weighted by Crippen LogP contribution is 2.27. The zero-order valence-corrected chi connectivity index (χ0v) is 11.0. The van der Waals surface area contributed by atoms with Crippen LogP contribution in [0.15, 0.2) is 0 Å². The highest BCUT2D eigenvalue weighted by Gasteiger charge is 2.24. The third-order valence-electron chi connectivity index (χ3n) is 2.69. The van der Waals surface area contributed by atoms with Crippen LogP contribution in [0.25, 0.3) is 0 Å². The minimum Gasteiger partial charge on any atom is -0.481 e. The first-order valence-corrected chi connectivity index (χ1v) is 6.14. The van der Waals surface area contributed by atoms with Gasteiger partial charge in [-0.1, -0.05) is 0 Å². The number of carboxylic acid groups (broad SMARTS) is 1. The second-order valence-electron chi connectivity index (χ2n) is 4.13. The second-order valence-corrected chi connectivity index (χ2v) is 4.13. The van der Waals surface area contributed by atoms with E-state index in [0.29, 0.717) is 37.4 Å². The zero-order chi connectivity index (χ0) is 14.4. The number of nitrogens with one attached hydrogen (secondary N) is 1. The Morgan fingerprint density at radius 3 is 2.74 bits per heavy atom. The van der Waals surface area contributed by atoms with E-state index in [9.17, 15) is 14.9 Å². The predicted octanol–water partition coefficient (Wildman–Crippen LogP) is 1.79. The molecule has 0 saturated carbocycles. The number of nitrogens with zero attached hydrogens (tertiary/aromatic N) is 3. The molecule has 0 aliphatic heterocycles. The minimum absolute atomic E-state index is 0.0138. The molecule has 1 rings (SSSR count). The molecule has 0 unspecified atom stereocenters. The van der Waals surface area contributed by atoms with Gasteiger partial charge in [-0.25, -0.2) is 4.68 Å². The molecule has 1 heterocycles. The Kier molecular flexibility index (Phi) is 5.28. The molecule has 0 fully saturated rings. The summed E-state index contributed by atoms with van der Waals surface area (Å²) < 4.78 is 1.55. The van der Waals surface area contributed by atoms with Gasteiger partial charge in [0.05, 0.1) is 4.92 Å². The SMILES string of the molecule is CCn1nc(C)c([N+](=O)[O-])c1NCCCCC(=O)O. The van der Waals surface area contributed by atoms with Gasteiger partial charge in [-0.15, -0.1) is 0 Å². The average molecular weight is 270 g/mol. The lowest BCUT2D eigenvalue weighted by Gasteiger charge is -2.07. The number of aliphatic carboxylic acids is 1. The number of carboxylic acids is 1. The van der Waals surface area contributed by atoms with Crippen LogP contribution in [0.3, 0.4) is 0 Å². The Balaban J connectivity index is 2.66. The van der Waals surface area contributed by atoms with Crippen molar-refractivity contribution in [2.45, 2.75) is 39.7 Å². The first-order chi connectivity index (χ1) is 8.97. The molecule has 0 spiro atoms. The van der Waals surface area contributed by atoms with E-state index in [1.807, 2.05) is 6.92 Å². The predicted molar refractivity (Wildman–Crippen MR) is 69.3 cm³/mol. The zero-order valence-electron chi connectivity index (χ0n) is 11.0. The Morgan fingerprint density at radius 1 is 1.53 bits per heavy atom. The maximum absolute atomic E-state index is 11.0. The molecule has 19 heavy (non-hydrogen) atoms. The van der Waals surface area contributed by atoms with Crippen LogP contribution in [0.2, 0.25) is 0 Å². The Bertz CT molecular complexity index is 470. The van der Waals surface area contributed by atoms with Crippen molar-refractivity contribution in [1.82, 2.24) is 9.78 Å². The molecule has 0 aromatic carbocycles. The molecule has 0 radical (unpaired) electrons. The van der Waals surface area contributed by atoms with Gasteiger partial charge in [-0.3, -0.25) is 14.9 Å². The fraction of sp³-hybridized carbons (Fsp3) is 0.636. The van der Waals surface area contributed by atoms with E-state index < -0.39 is 10.9 Å². The molecular weight excluding hydrogens is 252 g/mol. The molecule has 106 valence electrons. The molecule has 1 aromatic rings. The van der Waals surface area contributed by atoms with Crippen LogP contribution < -0.4 is 5.32 Å². The van der Waals surface area contributed by atoms with Crippen LogP contribution in [0, 0.1) is 17.0 Å². The fourth-order valence-corrected chi connectivity index (χ4v) is 1.80. The van der Waals surface area contributed by atoms with E-state index in [1.165, 1.54) is 0 Å². The van der Waals surface area contributed by atoms with Gasteiger partial charge in [-0.2, -0.15) is 5.10 Å². The second kappa shape index (κ2) is 6.72. The molecule has 0 aliphatic carbocycles. The Morgan fingerprint density at radius 2 is 2.21 bits per heavy atom. The van der Waals surface area contributed by atoms with E-state index >= 15 is 0 Å². The number of carbonyl (C=O) groups is 1. The monoisotopic (exact) mass is 270 g/mol. The Hall–Kier alpha value is -2.12. The summed E-state index contributed by atoms with van der Waals surface area (Å²) in [5, 5.41) is 26.6. The van der Waals surface area contributed by atoms with Crippen molar-refractivity contribution in [3.05, 3.63) is 15.8 Å². The summed E-state index contributed by atoms with van der Waals surface area (Å²) in [7, 11) is 0. The van der Waals surface area contributed by atoms with Crippen LogP contribution in [0.1, 0.15) is 31.9 Å². The number of hydrogen-bond acceptors (Lipinski definition) is 5. The van der Waals surface area contributed by atoms with Gasteiger partial charge in [0.25, 0.3) is 0 Å². The molecule has 0 aliphatic rings. The maximum atomic E-state index is 11.0. The van der Waals surface area contributed by atoms with Crippen LogP contribution >= 0.6 is 0 Å². The summed E-state index contributed by atoms with van der Waals surface area (Å²) >= 11 is 0. The summed E-state index contributed by atoms with van der Waals surface area (Å²) in [6.45, 7) is 4.47. The van der Waals surface area contributed by atoms with E-state index in [2.05, 4.69) is 10.4 Å². The average Bonchev–Trinajstić information content (AvgIpc) is 2.64. The smallest absolute Gasteiger partial charge is 0.333 e. The minimum atomic E-state index is -0.833. The van der Waals surface area contributed by atoms with Gasteiger partial charge in [0, 0.05) is 19.5 Å². The molecule has 0 amide bonds. The van der Waals surface area contributed by atoms with Gasteiger partial charge >= 0.3 is 11.7 Å². The third-order valence-corrected chi connectivity index (χ3v) is 2.69. The van der Waals surface area contributed by atoms with Crippen molar-refractivity contribution in [3.8, 4) is 0 Å². The number of aromatic nitrogens is 2. The van der Waals surface area contributed by atoms with Crippen LogP contribution in [-0.2, 0) is 11.3 Å². The third kappa shape index (κ3) is 3.94. The topological polar surface area (TPSA) is 110 Å². The fourth-order valence-electron chi connectivity index (χ4n) is 1.80. The quantitative estimate of drug-likeness (QED) is 0.423. The van der Waals surface area contributed by atoms with Crippen molar-refractivity contribution < 1.29 is 14.8 Å². The molecule has 0 atom stereocenters. The molecule has 2 N–H and O–H groups in total. The summed E-state index contributed by atoms with van der Waals surface area (Å²) in [6.07, 6.45) is 1.28. The maximum Gasteiger partial charge on any atom is 0.333 e. The number of rotatable bonds is 8. The number of anilines is 1.